The standard InChI is InChI=1S/C17H14F3N3O/c1-16(10-6-4-3-5-7-10)13-11(14(21-2)23-15(16)24)8-9-12(22-13)17(18,19)20/h3-9H,1-2H3,(H,21,23,24). The number of rotatable bonds is 1. The van der Waals surface area contributed by atoms with Gasteiger partial charge in [-0.15, -0.1) is 0 Å². The number of nitrogens with zero attached hydrogens (tertiary/aromatic N) is 2. The average Bonchev–Trinajstić information content (AvgIpc) is 2.57. The molecule has 1 N–H and O–H groups in total. The van der Waals surface area contributed by atoms with E-state index in [1.807, 2.05) is 0 Å². The first-order valence-electron chi connectivity index (χ1n) is 7.24. The van der Waals surface area contributed by atoms with Crippen LogP contribution in [0.4, 0.5) is 13.2 Å². The fourth-order valence-electron chi connectivity index (χ4n) is 2.79. The number of pyridine rings is 1. The maximum Gasteiger partial charge on any atom is 0.433 e. The molecule has 2 heterocycles. The zero-order valence-electron chi connectivity index (χ0n) is 13.0. The van der Waals surface area contributed by atoms with Crippen molar-refractivity contribution in [3.05, 3.63) is 65.0 Å². The topological polar surface area (TPSA) is 54.4 Å². The summed E-state index contributed by atoms with van der Waals surface area (Å²) in [6.45, 7) is 1.55. The first-order chi connectivity index (χ1) is 11.3. The van der Waals surface area contributed by atoms with E-state index in [4.69, 9.17) is 0 Å². The Kier molecular flexibility index (Phi) is 3.66. The molecule has 1 unspecified atom stereocenters. The van der Waals surface area contributed by atoms with Gasteiger partial charge >= 0.3 is 6.18 Å². The molecule has 1 aliphatic heterocycles. The summed E-state index contributed by atoms with van der Waals surface area (Å²) < 4.78 is 39.3. The van der Waals surface area contributed by atoms with Gasteiger partial charge in [0.15, 0.2) is 0 Å². The maximum atomic E-state index is 13.1. The Labute approximate surface area is 136 Å². The second-order valence-electron chi connectivity index (χ2n) is 5.60. The van der Waals surface area contributed by atoms with Gasteiger partial charge in [0.2, 0.25) is 0 Å². The molecule has 1 aromatic carbocycles. The minimum atomic E-state index is -4.59. The zero-order valence-corrected chi connectivity index (χ0v) is 13.0. The summed E-state index contributed by atoms with van der Waals surface area (Å²) in [5.74, 6) is -0.345. The van der Waals surface area contributed by atoms with Crippen LogP contribution in [-0.2, 0) is 16.4 Å². The van der Waals surface area contributed by atoms with Crippen LogP contribution in [0.3, 0.4) is 0 Å². The number of halogens is 3. The zero-order chi connectivity index (χ0) is 17.5. The summed E-state index contributed by atoms with van der Waals surface area (Å²) >= 11 is 0. The average molecular weight is 333 g/mol. The number of aromatic nitrogens is 1. The van der Waals surface area contributed by atoms with Gasteiger partial charge < -0.3 is 5.32 Å². The summed E-state index contributed by atoms with van der Waals surface area (Å²) in [6.07, 6.45) is -4.59. The monoisotopic (exact) mass is 333 g/mol. The third kappa shape index (κ3) is 2.36. The van der Waals surface area contributed by atoms with Gasteiger partial charge in [0.25, 0.3) is 5.91 Å². The van der Waals surface area contributed by atoms with Crippen molar-refractivity contribution < 1.29 is 18.0 Å². The third-order valence-corrected chi connectivity index (χ3v) is 4.14. The number of alkyl halides is 3. The molecular formula is C17H14F3N3O. The second-order valence-corrected chi connectivity index (χ2v) is 5.60. The van der Waals surface area contributed by atoms with Crippen LogP contribution in [0, 0.1) is 0 Å². The van der Waals surface area contributed by atoms with Crippen molar-refractivity contribution in [1.29, 1.82) is 0 Å². The molecule has 0 saturated heterocycles. The summed E-state index contributed by atoms with van der Waals surface area (Å²) in [5.41, 5.74) is -1.43. The lowest BCUT2D eigenvalue weighted by atomic mass is 9.75. The summed E-state index contributed by atoms with van der Waals surface area (Å²) in [4.78, 5) is 20.5. The normalized spacial score (nSPS) is 20.4. The van der Waals surface area contributed by atoms with Crippen molar-refractivity contribution in [2.45, 2.75) is 18.5 Å². The number of aliphatic imine (C=N–C) groups is 1. The number of amidine groups is 1. The largest absolute Gasteiger partial charge is 0.433 e. The van der Waals surface area contributed by atoms with Gasteiger partial charge in [-0.3, -0.25) is 4.79 Å². The fraction of sp³-hybridized carbons (Fsp3) is 0.235. The Balaban J connectivity index is 2.31. The molecule has 0 aliphatic carbocycles. The van der Waals surface area contributed by atoms with Crippen molar-refractivity contribution in [3.63, 3.8) is 0 Å². The molecule has 2 aromatic rings. The van der Waals surface area contributed by atoms with E-state index in [0.717, 1.165) is 6.07 Å². The van der Waals surface area contributed by atoms with E-state index in [0.29, 0.717) is 11.1 Å². The van der Waals surface area contributed by atoms with Crippen LogP contribution in [0.2, 0.25) is 0 Å². The fourth-order valence-corrected chi connectivity index (χ4v) is 2.79. The SMILES string of the molecule is CNC1=NC(=O)C(C)(c2ccccc2)c2nc(C(F)(F)F)ccc21. The molecule has 0 saturated carbocycles. The Morgan fingerprint density at radius 3 is 2.33 bits per heavy atom. The molecule has 1 aliphatic rings. The second kappa shape index (κ2) is 5.43. The molecule has 0 bridgehead atoms. The Hall–Kier alpha value is -2.70. The molecule has 24 heavy (non-hydrogen) atoms. The molecule has 1 atom stereocenters. The number of carbonyl (C=O) groups is 1. The maximum absolute atomic E-state index is 13.1. The number of fused-ring (bicyclic) bond motifs is 1. The van der Waals surface area contributed by atoms with Crippen LogP contribution >= 0.6 is 0 Å². The van der Waals surface area contributed by atoms with Crippen molar-refractivity contribution >= 4 is 11.7 Å². The smallest absolute Gasteiger partial charge is 0.372 e. The van der Waals surface area contributed by atoms with E-state index < -0.39 is 23.2 Å². The molecule has 1 amide bonds. The predicted molar refractivity (Wildman–Crippen MR) is 82.7 cm³/mol. The van der Waals surface area contributed by atoms with Gasteiger partial charge in [-0.2, -0.15) is 18.2 Å². The number of hydrogen-bond acceptors (Lipinski definition) is 3. The first-order valence-corrected chi connectivity index (χ1v) is 7.24. The molecular weight excluding hydrogens is 319 g/mol. The van der Waals surface area contributed by atoms with Crippen LogP contribution in [0.15, 0.2) is 47.5 Å². The molecule has 0 fully saturated rings. The van der Waals surface area contributed by atoms with Gasteiger partial charge in [0, 0.05) is 12.6 Å². The van der Waals surface area contributed by atoms with E-state index in [1.165, 1.54) is 6.07 Å². The Bertz CT molecular complexity index is 831. The highest BCUT2D eigenvalue weighted by Crippen LogP contribution is 2.39. The van der Waals surface area contributed by atoms with E-state index in [-0.39, 0.29) is 11.5 Å². The van der Waals surface area contributed by atoms with Crippen LogP contribution in [0.25, 0.3) is 0 Å². The molecule has 7 heteroatoms. The highest BCUT2D eigenvalue weighted by molar-refractivity contribution is 6.13. The van der Waals surface area contributed by atoms with E-state index >= 15 is 0 Å². The summed E-state index contributed by atoms with van der Waals surface area (Å²) in [6, 6.07) is 10.8. The van der Waals surface area contributed by atoms with E-state index in [9.17, 15) is 18.0 Å². The molecule has 0 spiro atoms. The lowest BCUT2D eigenvalue weighted by molar-refractivity contribution is -0.141. The van der Waals surface area contributed by atoms with Gasteiger partial charge in [0.1, 0.15) is 16.9 Å². The number of benzene rings is 1. The van der Waals surface area contributed by atoms with Crippen LogP contribution in [0.1, 0.15) is 29.4 Å². The van der Waals surface area contributed by atoms with Crippen molar-refractivity contribution in [1.82, 2.24) is 10.3 Å². The number of carbonyl (C=O) groups excluding carboxylic acids is 1. The van der Waals surface area contributed by atoms with Gasteiger partial charge in [-0.1, -0.05) is 30.3 Å². The minimum Gasteiger partial charge on any atom is -0.372 e. The Morgan fingerprint density at radius 1 is 1.08 bits per heavy atom. The van der Waals surface area contributed by atoms with Gasteiger partial charge in [-0.05, 0) is 24.6 Å². The molecule has 0 radical (unpaired) electrons. The summed E-state index contributed by atoms with van der Waals surface area (Å²) in [5, 5.41) is 2.75. The molecule has 4 nitrogen and oxygen atoms in total. The number of amides is 1. The van der Waals surface area contributed by atoms with Crippen molar-refractivity contribution in [2.24, 2.45) is 4.99 Å². The van der Waals surface area contributed by atoms with Gasteiger partial charge in [0.05, 0.1) is 5.69 Å². The van der Waals surface area contributed by atoms with E-state index in [1.54, 1.807) is 44.3 Å². The third-order valence-electron chi connectivity index (χ3n) is 4.14. The quantitative estimate of drug-likeness (QED) is 0.873. The summed E-state index contributed by atoms with van der Waals surface area (Å²) in [7, 11) is 1.55. The predicted octanol–water partition coefficient (Wildman–Crippen LogP) is 2.91. The van der Waals surface area contributed by atoms with Crippen molar-refractivity contribution in [3.8, 4) is 0 Å². The number of nitrogens with one attached hydrogen (secondary N) is 1. The van der Waals surface area contributed by atoms with Crippen molar-refractivity contribution in [2.75, 3.05) is 7.05 Å². The van der Waals surface area contributed by atoms with Crippen LogP contribution < -0.4 is 5.32 Å². The van der Waals surface area contributed by atoms with E-state index in [2.05, 4.69) is 15.3 Å². The highest BCUT2D eigenvalue weighted by atomic mass is 19.4. The lowest BCUT2D eigenvalue weighted by Gasteiger charge is -2.32. The molecule has 3 rings (SSSR count). The van der Waals surface area contributed by atoms with Crippen LogP contribution in [-0.4, -0.2) is 23.8 Å². The lowest BCUT2D eigenvalue weighted by Crippen LogP contribution is -2.42. The minimum absolute atomic E-state index is 0.0490. The highest BCUT2D eigenvalue weighted by Gasteiger charge is 2.45. The molecule has 1 aromatic heterocycles. The number of hydrogen-bond donors (Lipinski definition) is 1. The molecule has 124 valence electrons. The Morgan fingerprint density at radius 2 is 1.75 bits per heavy atom. The van der Waals surface area contributed by atoms with Gasteiger partial charge in [-0.25, -0.2) is 4.98 Å². The first kappa shape index (κ1) is 16.2. The van der Waals surface area contributed by atoms with Crippen LogP contribution in [0.5, 0.6) is 0 Å².